The molecule has 9 heteroatoms. The summed E-state index contributed by atoms with van der Waals surface area (Å²) in [4.78, 5) is 22.1. The largest absolute Gasteiger partial charge is 0.415 e. The number of nitrogens with zero attached hydrogens (tertiary/aromatic N) is 2. The molecule has 0 spiro atoms. The van der Waals surface area contributed by atoms with Crippen LogP contribution in [0.15, 0.2) is 30.5 Å². The minimum absolute atomic E-state index is 0.0598. The first-order valence-electron chi connectivity index (χ1n) is 9.96. The van der Waals surface area contributed by atoms with Crippen LogP contribution in [-0.4, -0.2) is 42.5 Å². The average molecular weight is 435 g/mol. The van der Waals surface area contributed by atoms with Gasteiger partial charge in [0.25, 0.3) is 0 Å². The smallest absolute Gasteiger partial charge is 0.388 e. The molecule has 0 aromatic carbocycles. The Morgan fingerprint density at radius 1 is 1.16 bits per heavy atom. The van der Waals surface area contributed by atoms with E-state index in [1.54, 1.807) is 19.2 Å². The summed E-state index contributed by atoms with van der Waals surface area (Å²) >= 11 is 0. The van der Waals surface area contributed by atoms with E-state index >= 15 is 0 Å². The lowest BCUT2D eigenvalue weighted by Crippen LogP contribution is -2.62. The number of nitrogens with one attached hydrogen (secondary N) is 1. The number of aryl methyl sites for hydroxylation is 1. The number of rotatable bonds is 8. The van der Waals surface area contributed by atoms with E-state index in [9.17, 15) is 13.6 Å². The number of alkyl halides is 2. The Hall–Kier alpha value is -2.65. The Balaban J connectivity index is 2.02. The highest BCUT2D eigenvalue weighted by atomic mass is 19.3. The van der Waals surface area contributed by atoms with E-state index in [4.69, 9.17) is 9.47 Å². The topological polar surface area (TPSA) is 82.6 Å². The Morgan fingerprint density at radius 2 is 1.84 bits per heavy atom. The summed E-state index contributed by atoms with van der Waals surface area (Å²) in [5.74, 6) is -1.57. The molecular weight excluding hydrogens is 408 g/mol. The molecule has 0 bridgehead atoms. The van der Waals surface area contributed by atoms with Gasteiger partial charge in [-0.15, -0.1) is 0 Å². The monoisotopic (exact) mass is 435 g/mol. The third-order valence-corrected chi connectivity index (χ3v) is 5.68. The number of pyridine rings is 2. The predicted octanol–water partition coefficient (Wildman–Crippen LogP) is 4.17. The van der Waals surface area contributed by atoms with Crippen molar-refractivity contribution in [2.24, 2.45) is 0 Å². The molecule has 0 radical (unpaired) electrons. The van der Waals surface area contributed by atoms with Crippen molar-refractivity contribution in [3.8, 4) is 5.88 Å². The number of aromatic nitrogens is 2. The van der Waals surface area contributed by atoms with Gasteiger partial charge in [-0.25, -0.2) is 4.98 Å². The molecule has 1 aliphatic carbocycles. The Bertz CT molecular complexity index is 940. The molecule has 31 heavy (non-hydrogen) atoms. The lowest BCUT2D eigenvalue weighted by atomic mass is 9.60. The zero-order chi connectivity index (χ0) is 22.8. The van der Waals surface area contributed by atoms with E-state index in [0.717, 1.165) is 5.56 Å². The molecule has 0 aliphatic heterocycles. The molecule has 0 atom stereocenters. The minimum Gasteiger partial charge on any atom is -0.415 e. The Kier molecular flexibility index (Phi) is 6.56. The van der Waals surface area contributed by atoms with E-state index in [0.29, 0.717) is 11.4 Å². The van der Waals surface area contributed by atoms with Crippen molar-refractivity contribution in [1.82, 2.24) is 9.97 Å². The summed E-state index contributed by atoms with van der Waals surface area (Å²) in [6.45, 7) is 2.61. The highest BCUT2D eigenvalue weighted by Gasteiger charge is 2.62. The predicted molar refractivity (Wildman–Crippen MR) is 110 cm³/mol. The molecule has 1 N–H and O–H groups in total. The number of halogens is 2. The fourth-order valence-corrected chi connectivity index (χ4v) is 4.00. The molecule has 0 unspecified atom stereocenters. The maximum Gasteiger partial charge on any atom is 0.388 e. The van der Waals surface area contributed by atoms with Gasteiger partial charge in [-0.2, -0.15) is 8.78 Å². The van der Waals surface area contributed by atoms with Crippen LogP contribution in [0.5, 0.6) is 5.88 Å². The number of carbonyl (C=O) groups is 1. The number of carbonyl (C=O) groups excluding carboxylic acids is 1. The summed E-state index contributed by atoms with van der Waals surface area (Å²) in [5.41, 5.74) is 1.01. The Labute approximate surface area is 180 Å². The van der Waals surface area contributed by atoms with Gasteiger partial charge >= 0.3 is 6.61 Å². The lowest BCUT2D eigenvalue weighted by Gasteiger charge is -2.52. The van der Waals surface area contributed by atoms with Gasteiger partial charge in [0.15, 0.2) is 5.79 Å². The third kappa shape index (κ3) is 4.38. The van der Waals surface area contributed by atoms with Crippen molar-refractivity contribution < 1.29 is 27.8 Å². The van der Waals surface area contributed by atoms with Gasteiger partial charge < -0.3 is 19.5 Å². The van der Waals surface area contributed by atoms with Crippen LogP contribution in [0.2, 0.25) is 0 Å². The highest BCUT2D eigenvalue weighted by Crippen LogP contribution is 2.54. The standard InChI is InChI=1S/C22H27F2N3O4/c1-13(2)15-7-6-10-25-17(15)21(11-22(12-21,29-4)30-5)19(28)27-16-9-8-14(3)26-18(16)31-20(23)24/h6-10,13,20H,11-12H2,1-5H3,(H,27,28). The minimum atomic E-state index is -3.07. The second-order valence-electron chi connectivity index (χ2n) is 7.99. The van der Waals surface area contributed by atoms with Crippen LogP contribution in [0.4, 0.5) is 14.5 Å². The molecule has 1 amide bonds. The second kappa shape index (κ2) is 8.84. The van der Waals surface area contributed by atoms with Gasteiger partial charge in [0.1, 0.15) is 11.1 Å². The van der Waals surface area contributed by atoms with Crippen LogP contribution in [0.25, 0.3) is 0 Å². The molecule has 0 saturated heterocycles. The molecule has 1 aliphatic rings. The van der Waals surface area contributed by atoms with Crippen LogP contribution >= 0.6 is 0 Å². The average Bonchev–Trinajstić information content (AvgIpc) is 2.70. The first-order chi connectivity index (χ1) is 14.7. The van der Waals surface area contributed by atoms with Crippen LogP contribution in [-0.2, 0) is 19.7 Å². The van der Waals surface area contributed by atoms with Crippen LogP contribution in [0.3, 0.4) is 0 Å². The third-order valence-electron chi connectivity index (χ3n) is 5.68. The fourth-order valence-electron chi connectivity index (χ4n) is 4.00. The van der Waals surface area contributed by atoms with Gasteiger partial charge in [-0.1, -0.05) is 19.9 Å². The fraction of sp³-hybridized carbons (Fsp3) is 0.500. The molecule has 3 rings (SSSR count). The van der Waals surface area contributed by atoms with Crippen molar-refractivity contribution in [3.05, 3.63) is 47.4 Å². The summed E-state index contributed by atoms with van der Waals surface area (Å²) in [6, 6.07) is 6.85. The SMILES string of the molecule is COC1(OC)CC(C(=O)Nc2ccc(C)nc2OC(F)F)(c2ncccc2C(C)C)C1. The van der Waals surface area contributed by atoms with Crippen molar-refractivity contribution in [1.29, 1.82) is 0 Å². The van der Waals surface area contributed by atoms with Crippen molar-refractivity contribution in [3.63, 3.8) is 0 Å². The zero-order valence-corrected chi connectivity index (χ0v) is 18.2. The number of methoxy groups -OCH3 is 2. The van der Waals surface area contributed by atoms with Crippen molar-refractivity contribution in [2.75, 3.05) is 19.5 Å². The van der Waals surface area contributed by atoms with Crippen LogP contribution < -0.4 is 10.1 Å². The van der Waals surface area contributed by atoms with Crippen LogP contribution in [0, 0.1) is 6.92 Å². The Morgan fingerprint density at radius 3 is 2.42 bits per heavy atom. The first-order valence-corrected chi connectivity index (χ1v) is 9.96. The van der Waals surface area contributed by atoms with E-state index in [-0.39, 0.29) is 30.3 Å². The summed E-state index contributed by atoms with van der Waals surface area (Å²) in [6.07, 6.45) is 2.08. The number of hydrogen-bond acceptors (Lipinski definition) is 6. The number of hydrogen-bond donors (Lipinski definition) is 1. The summed E-state index contributed by atoms with van der Waals surface area (Å²) < 4.78 is 41.3. The molecule has 2 aromatic heterocycles. The molecular formula is C22H27F2N3O4. The van der Waals surface area contributed by atoms with E-state index in [1.165, 1.54) is 20.3 Å². The molecule has 168 valence electrons. The summed E-state index contributed by atoms with van der Waals surface area (Å²) in [5, 5.41) is 2.73. The van der Waals surface area contributed by atoms with Crippen LogP contribution in [0.1, 0.15) is 49.6 Å². The maximum atomic E-state index is 13.6. The van der Waals surface area contributed by atoms with Gasteiger partial charge in [-0.05, 0) is 36.6 Å². The van der Waals surface area contributed by atoms with E-state index < -0.39 is 23.7 Å². The highest BCUT2D eigenvalue weighted by molar-refractivity contribution is 6.01. The van der Waals surface area contributed by atoms with Crippen molar-refractivity contribution in [2.45, 2.75) is 57.3 Å². The first kappa shape index (κ1) is 23.0. The van der Waals surface area contributed by atoms with E-state index in [2.05, 4.69) is 20.0 Å². The number of amides is 1. The van der Waals surface area contributed by atoms with Crippen molar-refractivity contribution >= 4 is 11.6 Å². The lowest BCUT2D eigenvalue weighted by molar-refractivity contribution is -0.274. The van der Waals surface area contributed by atoms with Gasteiger partial charge in [-0.3, -0.25) is 9.78 Å². The van der Waals surface area contributed by atoms with Gasteiger partial charge in [0.2, 0.25) is 11.8 Å². The van der Waals surface area contributed by atoms with Gasteiger partial charge in [0, 0.05) is 39.0 Å². The molecule has 1 fully saturated rings. The second-order valence-corrected chi connectivity index (χ2v) is 7.99. The quantitative estimate of drug-likeness (QED) is 0.627. The summed E-state index contributed by atoms with van der Waals surface area (Å²) in [7, 11) is 3.04. The van der Waals surface area contributed by atoms with Gasteiger partial charge in [0.05, 0.1) is 5.69 Å². The maximum absolute atomic E-state index is 13.6. The number of ether oxygens (including phenoxy) is 3. The normalized spacial score (nSPS) is 16.8. The molecule has 1 saturated carbocycles. The molecule has 2 heterocycles. The number of anilines is 1. The molecule has 7 nitrogen and oxygen atoms in total. The zero-order valence-electron chi connectivity index (χ0n) is 18.2. The molecule has 2 aromatic rings. The van der Waals surface area contributed by atoms with E-state index in [1.807, 2.05) is 26.0 Å².